The SMILES string of the molecule is Cc1ccc(C(=O)O)cc1NC(=O)CSc1cccc(NC(=O)c2cccc([N+](=O)[O-])c2)c1. The van der Waals surface area contributed by atoms with Crippen molar-refractivity contribution in [3.05, 3.63) is 93.5 Å². The molecule has 0 saturated heterocycles. The molecule has 33 heavy (non-hydrogen) atoms. The minimum absolute atomic E-state index is 0.0685. The predicted octanol–water partition coefficient (Wildman–Crippen LogP) is 4.58. The maximum atomic E-state index is 12.4. The Morgan fingerprint density at radius 2 is 1.73 bits per heavy atom. The summed E-state index contributed by atoms with van der Waals surface area (Å²) in [5.41, 5.74) is 1.70. The molecule has 3 N–H and O–H groups in total. The van der Waals surface area contributed by atoms with Gasteiger partial charge in [-0.15, -0.1) is 11.8 Å². The summed E-state index contributed by atoms with van der Waals surface area (Å²) in [4.78, 5) is 47.0. The van der Waals surface area contributed by atoms with Crippen LogP contribution in [0.5, 0.6) is 0 Å². The topological polar surface area (TPSA) is 139 Å². The summed E-state index contributed by atoms with van der Waals surface area (Å²) in [6.07, 6.45) is 0. The molecule has 0 unspecified atom stereocenters. The number of carboxylic acids is 1. The van der Waals surface area contributed by atoms with Gasteiger partial charge in [0.2, 0.25) is 5.91 Å². The quantitative estimate of drug-likeness (QED) is 0.251. The van der Waals surface area contributed by atoms with Crippen molar-refractivity contribution in [3.63, 3.8) is 0 Å². The zero-order valence-corrected chi connectivity index (χ0v) is 18.2. The summed E-state index contributed by atoms with van der Waals surface area (Å²) in [6.45, 7) is 1.77. The molecule has 3 rings (SSSR count). The molecule has 0 radical (unpaired) electrons. The van der Waals surface area contributed by atoms with E-state index in [1.165, 1.54) is 48.2 Å². The number of nitrogens with one attached hydrogen (secondary N) is 2. The van der Waals surface area contributed by atoms with Crippen LogP contribution in [0.15, 0.2) is 71.6 Å². The Hall–Kier alpha value is -4.18. The van der Waals surface area contributed by atoms with E-state index in [2.05, 4.69) is 10.6 Å². The third-order valence-electron chi connectivity index (χ3n) is 4.54. The van der Waals surface area contributed by atoms with Crippen molar-refractivity contribution < 1.29 is 24.4 Å². The third kappa shape index (κ3) is 6.40. The van der Waals surface area contributed by atoms with E-state index in [-0.39, 0.29) is 28.5 Å². The van der Waals surface area contributed by atoms with Crippen molar-refractivity contribution >= 4 is 46.6 Å². The average molecular weight is 465 g/mol. The Kier molecular flexibility index (Phi) is 7.42. The Labute approximate surface area is 193 Å². The summed E-state index contributed by atoms with van der Waals surface area (Å²) in [6, 6.07) is 16.8. The summed E-state index contributed by atoms with van der Waals surface area (Å²) in [7, 11) is 0. The summed E-state index contributed by atoms with van der Waals surface area (Å²) in [5, 5.41) is 25.4. The van der Waals surface area contributed by atoms with Gasteiger partial charge in [-0.2, -0.15) is 0 Å². The van der Waals surface area contributed by atoms with Crippen molar-refractivity contribution in [2.75, 3.05) is 16.4 Å². The van der Waals surface area contributed by atoms with E-state index in [1.807, 2.05) is 0 Å². The first-order chi connectivity index (χ1) is 15.7. The molecule has 0 aliphatic heterocycles. The second-order valence-corrected chi connectivity index (χ2v) is 8.01. The minimum atomic E-state index is -1.08. The van der Waals surface area contributed by atoms with Gasteiger partial charge in [-0.25, -0.2) is 4.79 Å². The molecule has 3 aromatic rings. The highest BCUT2D eigenvalue weighted by Gasteiger charge is 2.13. The zero-order chi connectivity index (χ0) is 24.0. The minimum Gasteiger partial charge on any atom is -0.478 e. The Bertz CT molecular complexity index is 1240. The summed E-state index contributed by atoms with van der Waals surface area (Å²) >= 11 is 1.24. The molecule has 0 spiro atoms. The third-order valence-corrected chi connectivity index (χ3v) is 5.53. The molecular formula is C23H19N3O6S. The van der Waals surface area contributed by atoms with Crippen LogP contribution in [0.1, 0.15) is 26.3 Å². The first-order valence-corrected chi connectivity index (χ1v) is 10.6. The van der Waals surface area contributed by atoms with Crippen LogP contribution >= 0.6 is 11.8 Å². The van der Waals surface area contributed by atoms with Crippen LogP contribution in [0.4, 0.5) is 17.1 Å². The fourth-order valence-electron chi connectivity index (χ4n) is 2.85. The molecule has 0 saturated carbocycles. The van der Waals surface area contributed by atoms with E-state index in [4.69, 9.17) is 5.11 Å². The van der Waals surface area contributed by atoms with Gasteiger partial charge < -0.3 is 15.7 Å². The fraction of sp³-hybridized carbons (Fsp3) is 0.0870. The molecule has 0 fully saturated rings. The van der Waals surface area contributed by atoms with E-state index in [1.54, 1.807) is 37.3 Å². The van der Waals surface area contributed by atoms with E-state index >= 15 is 0 Å². The molecule has 9 nitrogen and oxygen atoms in total. The first-order valence-electron chi connectivity index (χ1n) is 9.65. The van der Waals surface area contributed by atoms with Gasteiger partial charge in [0.1, 0.15) is 0 Å². The Morgan fingerprint density at radius 3 is 2.45 bits per heavy atom. The first kappa shape index (κ1) is 23.5. The van der Waals surface area contributed by atoms with Crippen molar-refractivity contribution in [2.24, 2.45) is 0 Å². The normalized spacial score (nSPS) is 10.3. The zero-order valence-electron chi connectivity index (χ0n) is 17.4. The van der Waals surface area contributed by atoms with Crippen LogP contribution in [0.2, 0.25) is 0 Å². The maximum absolute atomic E-state index is 12.4. The molecule has 168 valence electrons. The highest BCUT2D eigenvalue weighted by molar-refractivity contribution is 8.00. The second kappa shape index (κ2) is 10.4. The highest BCUT2D eigenvalue weighted by Crippen LogP contribution is 2.24. The monoisotopic (exact) mass is 465 g/mol. The van der Waals surface area contributed by atoms with Gasteiger partial charge in [0, 0.05) is 34.0 Å². The fourth-order valence-corrected chi connectivity index (χ4v) is 3.61. The standard InChI is InChI=1S/C23H19N3O6S/c1-14-8-9-16(23(29)30)11-20(14)25-21(27)13-33-19-7-3-5-17(12-19)24-22(28)15-4-2-6-18(10-15)26(31)32/h2-12H,13H2,1H3,(H,24,28)(H,25,27)(H,29,30). The number of hydrogen-bond acceptors (Lipinski definition) is 6. The number of hydrogen-bond donors (Lipinski definition) is 3. The van der Waals surface area contributed by atoms with E-state index < -0.39 is 16.8 Å². The number of amides is 2. The van der Waals surface area contributed by atoms with E-state index in [9.17, 15) is 24.5 Å². The number of nitro groups is 1. The molecule has 0 atom stereocenters. The number of aryl methyl sites for hydroxylation is 1. The number of carbonyl (C=O) groups excluding carboxylic acids is 2. The van der Waals surface area contributed by atoms with E-state index in [0.29, 0.717) is 11.4 Å². The van der Waals surface area contributed by atoms with E-state index in [0.717, 1.165) is 10.5 Å². The number of benzene rings is 3. The number of carbonyl (C=O) groups is 3. The Morgan fingerprint density at radius 1 is 0.970 bits per heavy atom. The lowest BCUT2D eigenvalue weighted by Crippen LogP contribution is -2.15. The number of carboxylic acid groups (broad SMARTS) is 1. The number of thioether (sulfide) groups is 1. The van der Waals surface area contributed by atoms with Crippen molar-refractivity contribution in [1.82, 2.24) is 0 Å². The summed E-state index contributed by atoms with van der Waals surface area (Å²) < 4.78 is 0. The summed E-state index contributed by atoms with van der Waals surface area (Å²) in [5.74, 6) is -1.81. The number of aromatic carboxylic acids is 1. The predicted molar refractivity (Wildman–Crippen MR) is 125 cm³/mol. The smallest absolute Gasteiger partial charge is 0.335 e. The molecule has 10 heteroatoms. The van der Waals surface area contributed by atoms with Gasteiger partial charge in [-0.05, 0) is 48.9 Å². The molecule has 2 amide bonds. The number of rotatable bonds is 8. The van der Waals surface area contributed by atoms with Crippen molar-refractivity contribution in [1.29, 1.82) is 0 Å². The van der Waals surface area contributed by atoms with Crippen LogP contribution < -0.4 is 10.6 Å². The lowest BCUT2D eigenvalue weighted by atomic mass is 10.1. The molecule has 0 heterocycles. The van der Waals surface area contributed by atoms with Gasteiger partial charge >= 0.3 is 5.97 Å². The Balaban J connectivity index is 1.61. The van der Waals surface area contributed by atoms with Crippen LogP contribution in [0.3, 0.4) is 0 Å². The van der Waals surface area contributed by atoms with Gasteiger partial charge in [0.15, 0.2) is 0 Å². The van der Waals surface area contributed by atoms with Gasteiger partial charge in [-0.3, -0.25) is 19.7 Å². The van der Waals surface area contributed by atoms with Crippen LogP contribution in [0, 0.1) is 17.0 Å². The highest BCUT2D eigenvalue weighted by atomic mass is 32.2. The molecule has 3 aromatic carbocycles. The van der Waals surface area contributed by atoms with Gasteiger partial charge in [0.05, 0.1) is 16.2 Å². The lowest BCUT2D eigenvalue weighted by molar-refractivity contribution is -0.384. The molecule has 0 aliphatic rings. The molecule has 0 bridgehead atoms. The largest absolute Gasteiger partial charge is 0.478 e. The van der Waals surface area contributed by atoms with Crippen LogP contribution in [-0.2, 0) is 4.79 Å². The van der Waals surface area contributed by atoms with Crippen LogP contribution in [0.25, 0.3) is 0 Å². The van der Waals surface area contributed by atoms with Crippen molar-refractivity contribution in [2.45, 2.75) is 11.8 Å². The second-order valence-electron chi connectivity index (χ2n) is 6.96. The maximum Gasteiger partial charge on any atom is 0.335 e. The van der Waals surface area contributed by atoms with Crippen molar-refractivity contribution in [3.8, 4) is 0 Å². The molecule has 0 aromatic heterocycles. The molecule has 0 aliphatic carbocycles. The lowest BCUT2D eigenvalue weighted by Gasteiger charge is -2.10. The van der Waals surface area contributed by atoms with Gasteiger partial charge in [-0.1, -0.05) is 18.2 Å². The number of nitro benzene ring substituents is 1. The molecular weight excluding hydrogens is 446 g/mol. The van der Waals surface area contributed by atoms with Crippen LogP contribution in [-0.4, -0.2) is 33.6 Å². The number of non-ortho nitro benzene ring substituents is 1. The number of nitrogens with zero attached hydrogens (tertiary/aromatic N) is 1. The average Bonchev–Trinajstić information content (AvgIpc) is 2.79. The number of anilines is 2. The van der Waals surface area contributed by atoms with Gasteiger partial charge in [0.25, 0.3) is 11.6 Å².